The van der Waals surface area contributed by atoms with Crippen molar-refractivity contribution in [3.8, 4) is 5.75 Å². The van der Waals surface area contributed by atoms with Crippen molar-refractivity contribution in [2.24, 2.45) is 5.92 Å². The van der Waals surface area contributed by atoms with E-state index in [1.54, 1.807) is 41.6 Å². The van der Waals surface area contributed by atoms with Crippen LogP contribution in [0.5, 0.6) is 5.75 Å². The van der Waals surface area contributed by atoms with Crippen LogP contribution < -0.4 is 15.0 Å². The van der Waals surface area contributed by atoms with Crippen molar-refractivity contribution < 1.29 is 23.1 Å². The molecular formula is C26H25F2N5O3. The van der Waals surface area contributed by atoms with Crippen LogP contribution >= 0.6 is 0 Å². The van der Waals surface area contributed by atoms with E-state index in [1.165, 1.54) is 12.1 Å². The van der Waals surface area contributed by atoms with Crippen molar-refractivity contribution in [3.05, 3.63) is 78.1 Å². The number of halogens is 2. The summed E-state index contributed by atoms with van der Waals surface area (Å²) in [6.07, 6.45) is 3.73. The maximum atomic E-state index is 13.4. The summed E-state index contributed by atoms with van der Waals surface area (Å²) in [5.41, 5.74) is 1.94. The highest BCUT2D eigenvalue weighted by atomic mass is 19.1. The van der Waals surface area contributed by atoms with Crippen LogP contribution in [0.1, 0.15) is 12.0 Å². The number of amides is 2. The number of rotatable bonds is 7. The standard InChI is InChI=1S/C26H25F2N5O3/c27-19-9-17(10-20(28)12-19)11-25(34)32-8-6-24(16-32)36-23-3-1-21(2-4-23)31-26(35)18-14-33(15-18)22-5-7-29-30-13-22/h1-5,7,9-10,12-13,18,24H,6,8,11,14-16H2,(H,31,35)/t24-/m1/s1. The molecule has 10 heteroatoms. The minimum absolute atomic E-state index is 0.0370. The number of hydrogen-bond donors (Lipinski definition) is 1. The fourth-order valence-electron chi connectivity index (χ4n) is 4.43. The summed E-state index contributed by atoms with van der Waals surface area (Å²) in [7, 11) is 0. The third kappa shape index (κ3) is 5.59. The van der Waals surface area contributed by atoms with Crippen LogP contribution in [0, 0.1) is 17.6 Å². The van der Waals surface area contributed by atoms with Gasteiger partial charge in [0.05, 0.1) is 37.0 Å². The molecule has 0 radical (unpaired) electrons. The molecule has 0 spiro atoms. The van der Waals surface area contributed by atoms with Crippen molar-refractivity contribution in [3.63, 3.8) is 0 Å². The van der Waals surface area contributed by atoms with Crippen LogP contribution in [0.25, 0.3) is 0 Å². The number of aromatic nitrogens is 2. The van der Waals surface area contributed by atoms with Gasteiger partial charge < -0.3 is 19.9 Å². The molecule has 2 amide bonds. The monoisotopic (exact) mass is 493 g/mol. The topological polar surface area (TPSA) is 87.7 Å². The SMILES string of the molecule is O=C(Nc1ccc(O[C@@H]2CCN(C(=O)Cc3cc(F)cc(F)c3)C2)cc1)C1CN(c2ccnnc2)C1. The average Bonchev–Trinajstić information content (AvgIpc) is 3.28. The first-order valence-electron chi connectivity index (χ1n) is 11.7. The van der Waals surface area contributed by atoms with Crippen molar-refractivity contribution in [2.45, 2.75) is 18.9 Å². The van der Waals surface area contributed by atoms with E-state index in [9.17, 15) is 18.4 Å². The summed E-state index contributed by atoms with van der Waals surface area (Å²) in [4.78, 5) is 28.8. The van der Waals surface area contributed by atoms with Gasteiger partial charge in [0.25, 0.3) is 0 Å². The van der Waals surface area contributed by atoms with Gasteiger partial charge in [0.2, 0.25) is 11.8 Å². The third-order valence-electron chi connectivity index (χ3n) is 6.39. The van der Waals surface area contributed by atoms with Gasteiger partial charge in [-0.25, -0.2) is 8.78 Å². The van der Waals surface area contributed by atoms with Gasteiger partial charge in [0.1, 0.15) is 23.5 Å². The van der Waals surface area contributed by atoms with Crippen LogP contribution in [0.4, 0.5) is 20.2 Å². The first-order chi connectivity index (χ1) is 17.4. The predicted octanol–water partition coefficient (Wildman–Crippen LogP) is 3.05. The highest BCUT2D eigenvalue weighted by molar-refractivity contribution is 5.94. The van der Waals surface area contributed by atoms with E-state index >= 15 is 0 Å². The molecule has 36 heavy (non-hydrogen) atoms. The summed E-state index contributed by atoms with van der Waals surface area (Å²) in [5, 5.41) is 10.6. The quantitative estimate of drug-likeness (QED) is 0.545. The van der Waals surface area contributed by atoms with Gasteiger partial charge in [-0.3, -0.25) is 9.59 Å². The van der Waals surface area contributed by atoms with Crippen molar-refractivity contribution in [2.75, 3.05) is 36.4 Å². The largest absolute Gasteiger partial charge is 0.489 e. The minimum atomic E-state index is -0.697. The normalized spacial score (nSPS) is 17.6. The lowest BCUT2D eigenvalue weighted by Gasteiger charge is -2.39. The first-order valence-corrected chi connectivity index (χ1v) is 11.7. The minimum Gasteiger partial charge on any atom is -0.489 e. The van der Waals surface area contributed by atoms with Crippen molar-refractivity contribution >= 4 is 23.2 Å². The summed E-state index contributed by atoms with van der Waals surface area (Å²) in [6, 6.07) is 12.1. The zero-order chi connectivity index (χ0) is 25.1. The molecule has 0 bridgehead atoms. The van der Waals surface area contributed by atoms with E-state index < -0.39 is 11.6 Å². The number of nitrogens with one attached hydrogen (secondary N) is 1. The third-order valence-corrected chi connectivity index (χ3v) is 6.39. The molecular weight excluding hydrogens is 468 g/mol. The lowest BCUT2D eigenvalue weighted by atomic mass is 9.98. The molecule has 2 aliphatic heterocycles. The van der Waals surface area contributed by atoms with E-state index in [0.717, 1.165) is 11.8 Å². The Bertz CT molecular complexity index is 1220. The van der Waals surface area contributed by atoms with Crippen LogP contribution in [0.2, 0.25) is 0 Å². The molecule has 2 aliphatic rings. The molecule has 5 rings (SSSR count). The summed E-state index contributed by atoms with van der Waals surface area (Å²) in [5.74, 6) is -1.09. The summed E-state index contributed by atoms with van der Waals surface area (Å²) in [6.45, 7) is 2.18. The van der Waals surface area contributed by atoms with Crippen LogP contribution in [-0.2, 0) is 16.0 Å². The number of carbonyl (C=O) groups is 2. The zero-order valence-corrected chi connectivity index (χ0v) is 19.4. The van der Waals surface area contributed by atoms with Crippen molar-refractivity contribution in [1.82, 2.24) is 15.1 Å². The van der Waals surface area contributed by atoms with Crippen LogP contribution in [0.3, 0.4) is 0 Å². The Balaban J connectivity index is 1.07. The number of hydrogen-bond acceptors (Lipinski definition) is 6. The fourth-order valence-corrected chi connectivity index (χ4v) is 4.43. The number of carbonyl (C=O) groups excluding carboxylic acids is 2. The Labute approximate surface area is 206 Å². The smallest absolute Gasteiger partial charge is 0.231 e. The molecule has 1 aromatic heterocycles. The van der Waals surface area contributed by atoms with Crippen LogP contribution in [-0.4, -0.2) is 59.2 Å². The number of anilines is 2. The zero-order valence-electron chi connectivity index (χ0n) is 19.4. The summed E-state index contributed by atoms with van der Waals surface area (Å²) >= 11 is 0. The lowest BCUT2D eigenvalue weighted by Crippen LogP contribution is -2.52. The van der Waals surface area contributed by atoms with Gasteiger partial charge in [-0.15, -0.1) is 0 Å². The highest BCUT2D eigenvalue weighted by Gasteiger charge is 2.33. The molecule has 2 aromatic carbocycles. The van der Waals surface area contributed by atoms with E-state index in [1.807, 2.05) is 6.07 Å². The average molecular weight is 494 g/mol. The van der Waals surface area contributed by atoms with Gasteiger partial charge in [-0.1, -0.05) is 0 Å². The van der Waals surface area contributed by atoms with E-state index in [2.05, 4.69) is 20.4 Å². The van der Waals surface area contributed by atoms with E-state index in [0.29, 0.717) is 49.6 Å². The van der Waals surface area contributed by atoms with Gasteiger partial charge >= 0.3 is 0 Å². The second-order valence-electron chi connectivity index (χ2n) is 9.04. The molecule has 0 aliphatic carbocycles. The molecule has 186 valence electrons. The Morgan fingerprint density at radius 1 is 1.00 bits per heavy atom. The Morgan fingerprint density at radius 2 is 1.75 bits per heavy atom. The van der Waals surface area contributed by atoms with Gasteiger partial charge in [-0.2, -0.15) is 10.2 Å². The second kappa shape index (κ2) is 10.3. The molecule has 2 fully saturated rings. The summed E-state index contributed by atoms with van der Waals surface area (Å²) < 4.78 is 32.8. The predicted molar refractivity (Wildman–Crippen MR) is 128 cm³/mol. The van der Waals surface area contributed by atoms with Crippen molar-refractivity contribution in [1.29, 1.82) is 0 Å². The van der Waals surface area contributed by atoms with E-state index in [4.69, 9.17) is 4.74 Å². The Morgan fingerprint density at radius 3 is 2.44 bits per heavy atom. The Hall–Kier alpha value is -4.08. The maximum Gasteiger partial charge on any atom is 0.231 e. The maximum absolute atomic E-state index is 13.4. The molecule has 3 aromatic rings. The number of ether oxygens (including phenoxy) is 1. The first kappa shape index (κ1) is 23.7. The fraction of sp³-hybridized carbons (Fsp3) is 0.308. The Kier molecular flexibility index (Phi) is 6.75. The molecule has 2 saturated heterocycles. The number of benzene rings is 2. The molecule has 1 atom stereocenters. The number of nitrogens with zero attached hydrogens (tertiary/aromatic N) is 4. The van der Waals surface area contributed by atoms with Gasteiger partial charge in [0, 0.05) is 37.8 Å². The molecule has 1 N–H and O–H groups in total. The molecule has 0 saturated carbocycles. The lowest BCUT2D eigenvalue weighted by molar-refractivity contribution is -0.129. The highest BCUT2D eigenvalue weighted by Crippen LogP contribution is 2.26. The molecule has 8 nitrogen and oxygen atoms in total. The van der Waals surface area contributed by atoms with Gasteiger partial charge in [-0.05, 0) is 48.0 Å². The molecule has 0 unspecified atom stereocenters. The van der Waals surface area contributed by atoms with E-state index in [-0.39, 0.29) is 30.3 Å². The van der Waals surface area contributed by atoms with Crippen LogP contribution in [0.15, 0.2) is 60.9 Å². The molecule has 3 heterocycles. The van der Waals surface area contributed by atoms with Gasteiger partial charge in [0.15, 0.2) is 0 Å². The second-order valence-corrected chi connectivity index (χ2v) is 9.04. The number of likely N-dealkylation sites (tertiary alicyclic amines) is 1.